The Morgan fingerprint density at radius 3 is 2.25 bits per heavy atom. The molecule has 2 heterocycles. The van der Waals surface area contributed by atoms with E-state index in [0.29, 0.717) is 5.92 Å². The van der Waals surface area contributed by atoms with E-state index in [2.05, 4.69) is 34.1 Å². The maximum absolute atomic E-state index is 11.9. The monoisotopic (exact) mass is 282 g/mol. The van der Waals surface area contributed by atoms with Crippen LogP contribution in [0.4, 0.5) is 0 Å². The predicted molar refractivity (Wildman–Crippen MR) is 81.8 cm³/mol. The number of likely N-dealkylation sites (tertiary alicyclic amines) is 1. The van der Waals surface area contributed by atoms with Crippen LogP contribution in [0.5, 0.6) is 0 Å². The molecule has 0 unspecified atom stereocenters. The largest absolute Gasteiger partial charge is 0.355 e. The van der Waals surface area contributed by atoms with Crippen molar-refractivity contribution < 1.29 is 4.79 Å². The van der Waals surface area contributed by atoms with Crippen molar-refractivity contribution in [2.24, 2.45) is 5.92 Å². The van der Waals surface area contributed by atoms with Gasteiger partial charge in [-0.3, -0.25) is 9.69 Å². The first-order chi connectivity index (χ1) is 9.63. The average Bonchev–Trinajstić information content (AvgIpc) is 2.44. The number of carbonyl (C=O) groups excluding carboxylic acids is 1. The number of piperazine rings is 1. The van der Waals surface area contributed by atoms with Crippen molar-refractivity contribution in [3.8, 4) is 0 Å². The fourth-order valence-corrected chi connectivity index (χ4v) is 3.03. The lowest BCUT2D eigenvalue weighted by atomic mass is 9.93. The molecule has 2 aliphatic heterocycles. The number of carbonyl (C=O) groups is 1. The standard InChI is InChI=1S/C15H30N4O/c1-17-6-3-14(4-7-17)13-15(20)16-5-8-19-11-9-18(2)10-12-19/h14H,3-13H2,1-2H3,(H,16,20). The number of rotatable bonds is 5. The number of likely N-dealkylation sites (N-methyl/N-ethyl adjacent to an activating group) is 1. The summed E-state index contributed by atoms with van der Waals surface area (Å²) < 4.78 is 0. The van der Waals surface area contributed by atoms with Crippen LogP contribution in [0.2, 0.25) is 0 Å². The van der Waals surface area contributed by atoms with E-state index in [1.165, 1.54) is 12.8 Å². The number of hydrogen-bond acceptors (Lipinski definition) is 4. The molecular weight excluding hydrogens is 252 g/mol. The summed E-state index contributed by atoms with van der Waals surface area (Å²) in [7, 11) is 4.33. The van der Waals surface area contributed by atoms with Crippen LogP contribution in [0.3, 0.4) is 0 Å². The highest BCUT2D eigenvalue weighted by Gasteiger charge is 2.19. The Labute approximate surface area is 123 Å². The molecule has 0 radical (unpaired) electrons. The van der Waals surface area contributed by atoms with Crippen molar-refractivity contribution in [2.45, 2.75) is 19.3 Å². The van der Waals surface area contributed by atoms with Gasteiger partial charge in [0.1, 0.15) is 0 Å². The van der Waals surface area contributed by atoms with Gasteiger partial charge in [0.15, 0.2) is 0 Å². The van der Waals surface area contributed by atoms with Gasteiger partial charge in [0.05, 0.1) is 0 Å². The third-order valence-electron chi connectivity index (χ3n) is 4.66. The zero-order chi connectivity index (χ0) is 14.4. The summed E-state index contributed by atoms with van der Waals surface area (Å²) in [6.07, 6.45) is 3.06. The smallest absolute Gasteiger partial charge is 0.220 e. The second-order valence-corrected chi connectivity index (χ2v) is 6.45. The van der Waals surface area contributed by atoms with E-state index in [-0.39, 0.29) is 5.91 Å². The summed E-state index contributed by atoms with van der Waals surface area (Å²) >= 11 is 0. The van der Waals surface area contributed by atoms with Crippen molar-refractivity contribution in [2.75, 3.05) is 66.5 Å². The van der Waals surface area contributed by atoms with Crippen LogP contribution < -0.4 is 5.32 Å². The van der Waals surface area contributed by atoms with Gasteiger partial charge in [0, 0.05) is 45.7 Å². The Bertz CT molecular complexity index is 294. The fraction of sp³-hybridized carbons (Fsp3) is 0.933. The molecule has 0 atom stereocenters. The Hall–Kier alpha value is -0.650. The van der Waals surface area contributed by atoms with Gasteiger partial charge in [0.2, 0.25) is 5.91 Å². The quantitative estimate of drug-likeness (QED) is 0.775. The van der Waals surface area contributed by atoms with Crippen molar-refractivity contribution in [1.29, 1.82) is 0 Å². The lowest BCUT2D eigenvalue weighted by Crippen LogP contribution is -2.47. The SMILES string of the molecule is CN1CCC(CC(=O)NCCN2CCN(C)CC2)CC1. The van der Waals surface area contributed by atoms with Gasteiger partial charge in [-0.15, -0.1) is 0 Å². The molecule has 0 aliphatic carbocycles. The van der Waals surface area contributed by atoms with E-state index < -0.39 is 0 Å². The molecule has 5 nitrogen and oxygen atoms in total. The molecule has 2 saturated heterocycles. The van der Waals surface area contributed by atoms with Crippen LogP contribution in [-0.4, -0.2) is 87.1 Å². The Kier molecular flexibility index (Phi) is 6.26. The summed E-state index contributed by atoms with van der Waals surface area (Å²) in [6, 6.07) is 0. The molecule has 0 bridgehead atoms. The van der Waals surface area contributed by atoms with E-state index in [4.69, 9.17) is 0 Å². The van der Waals surface area contributed by atoms with Crippen molar-refractivity contribution >= 4 is 5.91 Å². The summed E-state index contributed by atoms with van der Waals surface area (Å²) in [5, 5.41) is 3.09. The molecule has 2 rings (SSSR count). The highest BCUT2D eigenvalue weighted by molar-refractivity contribution is 5.76. The third kappa shape index (κ3) is 5.38. The molecule has 0 spiro atoms. The van der Waals surface area contributed by atoms with Gasteiger partial charge in [-0.1, -0.05) is 0 Å². The third-order valence-corrected chi connectivity index (χ3v) is 4.66. The van der Waals surface area contributed by atoms with Gasteiger partial charge in [-0.05, 0) is 45.9 Å². The Morgan fingerprint density at radius 2 is 1.60 bits per heavy atom. The normalized spacial score (nSPS) is 23.9. The van der Waals surface area contributed by atoms with Crippen molar-refractivity contribution in [3.63, 3.8) is 0 Å². The topological polar surface area (TPSA) is 38.8 Å². The summed E-state index contributed by atoms with van der Waals surface area (Å²) in [5.74, 6) is 0.837. The van der Waals surface area contributed by atoms with Gasteiger partial charge < -0.3 is 15.1 Å². The van der Waals surface area contributed by atoms with E-state index >= 15 is 0 Å². The number of nitrogens with zero attached hydrogens (tertiary/aromatic N) is 3. The van der Waals surface area contributed by atoms with Crippen LogP contribution in [0.15, 0.2) is 0 Å². The minimum absolute atomic E-state index is 0.244. The van der Waals surface area contributed by atoms with E-state index in [1.807, 2.05) is 0 Å². The van der Waals surface area contributed by atoms with Gasteiger partial charge in [0.25, 0.3) is 0 Å². The number of hydrogen-bond donors (Lipinski definition) is 1. The summed E-state index contributed by atoms with van der Waals surface area (Å²) in [6.45, 7) is 8.61. The zero-order valence-corrected chi connectivity index (χ0v) is 13.1. The highest BCUT2D eigenvalue weighted by atomic mass is 16.1. The van der Waals surface area contributed by atoms with Gasteiger partial charge >= 0.3 is 0 Å². The van der Waals surface area contributed by atoms with E-state index in [1.54, 1.807) is 0 Å². The molecular formula is C15H30N4O. The molecule has 20 heavy (non-hydrogen) atoms. The molecule has 2 fully saturated rings. The second kappa shape index (κ2) is 7.96. The number of nitrogens with one attached hydrogen (secondary N) is 1. The maximum Gasteiger partial charge on any atom is 0.220 e. The molecule has 0 saturated carbocycles. The van der Waals surface area contributed by atoms with Gasteiger partial charge in [-0.2, -0.15) is 0 Å². The Balaban J connectivity index is 1.54. The van der Waals surface area contributed by atoms with Crippen molar-refractivity contribution in [1.82, 2.24) is 20.0 Å². The molecule has 0 aromatic heterocycles. The first-order valence-corrected chi connectivity index (χ1v) is 7.99. The predicted octanol–water partition coefficient (Wildman–Crippen LogP) is 0.0819. The molecule has 0 aromatic rings. The molecule has 1 amide bonds. The first-order valence-electron chi connectivity index (χ1n) is 7.99. The highest BCUT2D eigenvalue weighted by Crippen LogP contribution is 2.19. The summed E-state index contributed by atoms with van der Waals surface area (Å²) in [5.41, 5.74) is 0. The Morgan fingerprint density at radius 1 is 1.00 bits per heavy atom. The van der Waals surface area contributed by atoms with Crippen molar-refractivity contribution in [3.05, 3.63) is 0 Å². The molecule has 1 N–H and O–H groups in total. The zero-order valence-electron chi connectivity index (χ0n) is 13.1. The first kappa shape index (κ1) is 15.7. The maximum atomic E-state index is 11.9. The number of amides is 1. The fourth-order valence-electron chi connectivity index (χ4n) is 3.03. The lowest BCUT2D eigenvalue weighted by molar-refractivity contribution is -0.122. The minimum atomic E-state index is 0.244. The molecule has 0 aromatic carbocycles. The number of piperidine rings is 1. The molecule has 2 aliphatic rings. The average molecular weight is 282 g/mol. The summed E-state index contributed by atoms with van der Waals surface area (Å²) in [4.78, 5) is 19.1. The lowest BCUT2D eigenvalue weighted by Gasteiger charge is -2.32. The van der Waals surface area contributed by atoms with Crippen LogP contribution in [0, 0.1) is 5.92 Å². The minimum Gasteiger partial charge on any atom is -0.355 e. The molecule has 5 heteroatoms. The van der Waals surface area contributed by atoms with Crippen LogP contribution >= 0.6 is 0 Å². The molecule has 116 valence electrons. The van der Waals surface area contributed by atoms with E-state index in [0.717, 1.165) is 58.8 Å². The van der Waals surface area contributed by atoms with Crippen LogP contribution in [0.25, 0.3) is 0 Å². The van der Waals surface area contributed by atoms with E-state index in [9.17, 15) is 4.79 Å². The second-order valence-electron chi connectivity index (χ2n) is 6.45. The van der Waals surface area contributed by atoms with Gasteiger partial charge in [-0.25, -0.2) is 0 Å². The van der Waals surface area contributed by atoms with Crippen LogP contribution in [-0.2, 0) is 4.79 Å². The van der Waals surface area contributed by atoms with Crippen LogP contribution in [0.1, 0.15) is 19.3 Å².